The lowest BCUT2D eigenvalue weighted by molar-refractivity contribution is -0.0000871. The predicted octanol–water partition coefficient (Wildman–Crippen LogP) is 5.18. The fourth-order valence-electron chi connectivity index (χ4n) is 4.91. The van der Waals surface area contributed by atoms with Crippen molar-refractivity contribution in [2.45, 2.75) is 117 Å². The van der Waals surface area contributed by atoms with Gasteiger partial charge in [-0.05, 0) is 99.5 Å². The summed E-state index contributed by atoms with van der Waals surface area (Å²) >= 11 is 0. The summed E-state index contributed by atoms with van der Waals surface area (Å²) in [5.41, 5.74) is -0.939. The van der Waals surface area contributed by atoms with Gasteiger partial charge in [-0.3, -0.25) is 0 Å². The molecule has 1 N–H and O–H groups in total. The van der Waals surface area contributed by atoms with Crippen LogP contribution in [0.4, 0.5) is 9.59 Å². The van der Waals surface area contributed by atoms with Gasteiger partial charge in [0.25, 0.3) is 0 Å². The SMILES string of the molecule is CCN(CCCNC1CCCC1C1CCCCN1C(=O)OC(C)(C)C)C(=O)OC(C)(C)C. The first kappa shape index (κ1) is 26.7. The minimum Gasteiger partial charge on any atom is -0.444 e. The van der Waals surface area contributed by atoms with Crippen LogP contribution in [0.25, 0.3) is 0 Å². The quantitative estimate of drug-likeness (QED) is 0.538. The van der Waals surface area contributed by atoms with Gasteiger partial charge in [-0.25, -0.2) is 9.59 Å². The Morgan fingerprint density at radius 1 is 0.969 bits per heavy atom. The van der Waals surface area contributed by atoms with Crippen LogP contribution in [0.5, 0.6) is 0 Å². The van der Waals surface area contributed by atoms with Crippen LogP contribution in [-0.2, 0) is 9.47 Å². The number of amides is 2. The fourth-order valence-corrected chi connectivity index (χ4v) is 4.91. The molecule has 1 heterocycles. The van der Waals surface area contributed by atoms with Crippen LogP contribution in [0.2, 0.25) is 0 Å². The Bertz CT molecular complexity index is 611. The average molecular weight is 454 g/mol. The highest BCUT2D eigenvalue weighted by Gasteiger charge is 2.40. The van der Waals surface area contributed by atoms with Crippen LogP contribution in [-0.4, -0.2) is 71.5 Å². The number of carbonyl (C=O) groups is 2. The van der Waals surface area contributed by atoms with Crippen molar-refractivity contribution in [3.05, 3.63) is 0 Å². The van der Waals surface area contributed by atoms with Gasteiger partial charge in [0.2, 0.25) is 0 Å². The van der Waals surface area contributed by atoms with Gasteiger partial charge in [-0.2, -0.15) is 0 Å². The van der Waals surface area contributed by atoms with Crippen LogP contribution in [0.3, 0.4) is 0 Å². The highest BCUT2D eigenvalue weighted by molar-refractivity contribution is 5.69. The molecule has 3 unspecified atom stereocenters. The third-order valence-corrected chi connectivity index (χ3v) is 6.29. The van der Waals surface area contributed by atoms with Crippen molar-refractivity contribution in [3.63, 3.8) is 0 Å². The molecule has 1 saturated carbocycles. The summed E-state index contributed by atoms with van der Waals surface area (Å²) in [7, 11) is 0. The summed E-state index contributed by atoms with van der Waals surface area (Å²) in [6.45, 7) is 16.5. The molecule has 2 amide bonds. The number of rotatable bonds is 7. The van der Waals surface area contributed by atoms with Gasteiger partial charge in [-0.15, -0.1) is 0 Å². The van der Waals surface area contributed by atoms with E-state index in [2.05, 4.69) is 5.32 Å². The Kier molecular flexibility index (Phi) is 9.68. The van der Waals surface area contributed by atoms with Crippen LogP contribution >= 0.6 is 0 Å². The molecule has 7 heteroatoms. The van der Waals surface area contributed by atoms with Gasteiger partial charge in [-0.1, -0.05) is 6.42 Å². The third kappa shape index (κ3) is 8.45. The van der Waals surface area contributed by atoms with E-state index in [1.165, 1.54) is 12.8 Å². The van der Waals surface area contributed by atoms with Gasteiger partial charge >= 0.3 is 12.2 Å². The van der Waals surface area contributed by atoms with Crippen molar-refractivity contribution in [2.24, 2.45) is 5.92 Å². The smallest absolute Gasteiger partial charge is 0.410 e. The maximum atomic E-state index is 12.9. The summed E-state index contributed by atoms with van der Waals surface area (Å²) < 4.78 is 11.2. The molecule has 32 heavy (non-hydrogen) atoms. The number of ether oxygens (including phenoxy) is 2. The van der Waals surface area contributed by atoms with E-state index in [9.17, 15) is 9.59 Å². The molecule has 0 spiro atoms. The molecule has 2 rings (SSSR count). The van der Waals surface area contributed by atoms with E-state index in [1.807, 2.05) is 53.4 Å². The molecule has 0 aromatic rings. The van der Waals surface area contributed by atoms with Crippen molar-refractivity contribution in [2.75, 3.05) is 26.2 Å². The van der Waals surface area contributed by atoms with Crippen LogP contribution in [0, 0.1) is 5.92 Å². The normalized spacial score (nSPS) is 24.3. The van der Waals surface area contributed by atoms with E-state index in [-0.39, 0.29) is 18.2 Å². The first-order valence-electron chi connectivity index (χ1n) is 12.6. The monoisotopic (exact) mass is 453 g/mol. The summed E-state index contributed by atoms with van der Waals surface area (Å²) in [4.78, 5) is 29.0. The maximum Gasteiger partial charge on any atom is 0.410 e. The second-order valence-corrected chi connectivity index (χ2v) is 11.3. The zero-order valence-corrected chi connectivity index (χ0v) is 21.5. The summed E-state index contributed by atoms with van der Waals surface area (Å²) in [6, 6.07) is 0.673. The molecule has 1 saturated heterocycles. The number of nitrogens with one attached hydrogen (secondary N) is 1. The van der Waals surface area contributed by atoms with Gasteiger partial charge < -0.3 is 24.6 Å². The molecule has 1 aliphatic carbocycles. The predicted molar refractivity (Wildman–Crippen MR) is 128 cm³/mol. The van der Waals surface area contributed by atoms with Gasteiger partial charge in [0, 0.05) is 31.7 Å². The van der Waals surface area contributed by atoms with Gasteiger partial charge in [0.05, 0.1) is 0 Å². The lowest BCUT2D eigenvalue weighted by Gasteiger charge is -2.41. The van der Waals surface area contributed by atoms with Gasteiger partial charge in [0.15, 0.2) is 0 Å². The van der Waals surface area contributed by atoms with E-state index < -0.39 is 11.2 Å². The van der Waals surface area contributed by atoms with Crippen LogP contribution in [0.1, 0.15) is 93.4 Å². The van der Waals surface area contributed by atoms with Crippen molar-refractivity contribution >= 4 is 12.2 Å². The van der Waals surface area contributed by atoms with Crippen molar-refractivity contribution < 1.29 is 19.1 Å². The molecular formula is C25H47N3O4. The molecule has 0 radical (unpaired) electrons. The fraction of sp³-hybridized carbons (Fsp3) is 0.920. The lowest BCUT2D eigenvalue weighted by Crippen LogP contribution is -2.52. The van der Waals surface area contributed by atoms with Crippen molar-refractivity contribution in [3.8, 4) is 0 Å². The minimum atomic E-state index is -0.472. The molecule has 0 aromatic heterocycles. The first-order chi connectivity index (χ1) is 14.9. The summed E-state index contributed by atoms with van der Waals surface area (Å²) in [6.07, 6.45) is 7.26. The number of hydrogen-bond donors (Lipinski definition) is 1. The molecule has 186 valence electrons. The number of piperidine rings is 1. The Morgan fingerprint density at radius 3 is 2.28 bits per heavy atom. The van der Waals surface area contributed by atoms with E-state index in [1.54, 1.807) is 4.90 Å². The van der Waals surface area contributed by atoms with Crippen LogP contribution < -0.4 is 5.32 Å². The molecule has 0 bridgehead atoms. The van der Waals surface area contributed by atoms with Crippen molar-refractivity contribution in [1.29, 1.82) is 0 Å². The Morgan fingerprint density at radius 2 is 1.66 bits per heavy atom. The second kappa shape index (κ2) is 11.6. The standard InChI is InChI=1S/C25H47N3O4/c1-8-27(22(29)31-24(2,3)4)17-12-16-26-20-14-11-13-19(20)21-15-9-10-18-28(21)23(30)32-25(5,6)7/h19-21,26H,8-18H2,1-7H3. The topological polar surface area (TPSA) is 71.1 Å². The Hall–Kier alpha value is -1.50. The average Bonchev–Trinajstić information content (AvgIpc) is 3.13. The summed E-state index contributed by atoms with van der Waals surface area (Å²) in [5.74, 6) is 0.468. The summed E-state index contributed by atoms with van der Waals surface area (Å²) in [5, 5.41) is 3.75. The zero-order chi connectivity index (χ0) is 23.9. The Balaban J connectivity index is 1.87. The van der Waals surface area contributed by atoms with E-state index in [0.717, 1.165) is 45.2 Å². The second-order valence-electron chi connectivity index (χ2n) is 11.3. The molecule has 1 aliphatic heterocycles. The number of carbonyl (C=O) groups excluding carboxylic acids is 2. The lowest BCUT2D eigenvalue weighted by atomic mass is 9.87. The van der Waals surface area contributed by atoms with Crippen molar-refractivity contribution in [1.82, 2.24) is 15.1 Å². The molecule has 7 nitrogen and oxygen atoms in total. The first-order valence-corrected chi connectivity index (χ1v) is 12.6. The number of likely N-dealkylation sites (tertiary alicyclic amines) is 1. The molecule has 2 fully saturated rings. The van der Waals surface area contributed by atoms with Gasteiger partial charge in [0.1, 0.15) is 11.2 Å². The Labute approximate surface area is 195 Å². The number of nitrogens with zero attached hydrogens (tertiary/aromatic N) is 2. The molecule has 2 aliphatic rings. The highest BCUT2D eigenvalue weighted by Crippen LogP contribution is 2.36. The molecule has 0 aromatic carbocycles. The van der Waals surface area contributed by atoms with E-state index in [4.69, 9.17) is 9.47 Å². The maximum absolute atomic E-state index is 12.9. The van der Waals surface area contributed by atoms with E-state index in [0.29, 0.717) is 25.0 Å². The molecule has 3 atom stereocenters. The minimum absolute atomic E-state index is 0.163. The third-order valence-electron chi connectivity index (χ3n) is 6.29. The largest absolute Gasteiger partial charge is 0.444 e. The highest BCUT2D eigenvalue weighted by atomic mass is 16.6. The zero-order valence-electron chi connectivity index (χ0n) is 21.5. The van der Waals surface area contributed by atoms with E-state index >= 15 is 0 Å². The van der Waals surface area contributed by atoms with Crippen LogP contribution in [0.15, 0.2) is 0 Å². The molecular weight excluding hydrogens is 406 g/mol. The number of hydrogen-bond acceptors (Lipinski definition) is 5.